The van der Waals surface area contributed by atoms with Crippen LogP contribution in [0.4, 0.5) is 5.82 Å². The number of rotatable bonds is 5. The molecule has 1 aliphatic rings. The number of pyridine rings is 1. The van der Waals surface area contributed by atoms with Crippen LogP contribution in [0.15, 0.2) is 85.3 Å². The monoisotopic (exact) mass is 440 g/mol. The summed E-state index contributed by atoms with van der Waals surface area (Å²) in [6.07, 6.45) is 1.54. The quantitative estimate of drug-likeness (QED) is 0.593. The zero-order chi connectivity index (χ0) is 23.5. The molecule has 1 atom stereocenters. The van der Waals surface area contributed by atoms with E-state index in [9.17, 15) is 4.79 Å². The normalized spacial score (nSPS) is 14.5. The number of amides is 1. The molecule has 0 radical (unpaired) electrons. The fourth-order valence-electron chi connectivity index (χ4n) is 3.98. The fourth-order valence-corrected chi connectivity index (χ4v) is 3.98. The van der Waals surface area contributed by atoms with Crippen LogP contribution in [0.3, 0.4) is 0 Å². The number of hydrogen-bond acceptors (Lipinski definition) is 5. The molecule has 1 amide bonds. The Hall–Kier alpha value is -4.06. The van der Waals surface area contributed by atoms with Gasteiger partial charge in [-0.05, 0) is 48.7 Å². The Morgan fingerprint density at radius 3 is 2.42 bits per heavy atom. The summed E-state index contributed by atoms with van der Waals surface area (Å²) in [5, 5.41) is 3.07. The smallest absolute Gasteiger partial charge is 0.254 e. The van der Waals surface area contributed by atoms with Crippen LogP contribution in [0.25, 0.3) is 11.1 Å². The number of piperazine rings is 1. The summed E-state index contributed by atoms with van der Waals surface area (Å²) in [6.45, 7) is 12.8. The van der Waals surface area contributed by atoms with E-state index >= 15 is 0 Å². The summed E-state index contributed by atoms with van der Waals surface area (Å²) in [4.78, 5) is 18.9. The van der Waals surface area contributed by atoms with Gasteiger partial charge in [-0.3, -0.25) is 4.79 Å². The number of carbonyl (C=O) groups is 1. The van der Waals surface area contributed by atoms with E-state index in [1.54, 1.807) is 11.1 Å². The molecule has 4 rings (SSSR count). The molecule has 168 valence electrons. The van der Waals surface area contributed by atoms with Gasteiger partial charge in [0, 0.05) is 28.7 Å². The fraction of sp³-hybridized carbons (Fsp3) is 0.185. The van der Waals surface area contributed by atoms with E-state index in [1.807, 2.05) is 55.5 Å². The standard InChI is InChI=1S/C27H28N4O2/c1-17-7-5-6-8-24(17)20(4)33-25-13-23(14-29-26(25)28)21-9-11-22(12-10-21)27(32)31-15-18(2)30-19(3)16-31/h5-14,20,30H,2-3,15-16H2,1,4H3,(H2,28,29). The first-order chi connectivity index (χ1) is 15.8. The lowest BCUT2D eigenvalue weighted by atomic mass is 10.0. The second kappa shape index (κ2) is 9.20. The third kappa shape index (κ3) is 4.90. The summed E-state index contributed by atoms with van der Waals surface area (Å²) < 4.78 is 6.16. The van der Waals surface area contributed by atoms with Crippen LogP contribution in [0.2, 0.25) is 0 Å². The minimum absolute atomic E-state index is 0.0585. The van der Waals surface area contributed by atoms with Crippen LogP contribution >= 0.6 is 0 Å². The number of nitrogens with two attached hydrogens (primary N) is 1. The third-order valence-corrected chi connectivity index (χ3v) is 5.68. The van der Waals surface area contributed by atoms with E-state index in [-0.39, 0.29) is 12.0 Å². The zero-order valence-corrected chi connectivity index (χ0v) is 19.0. The largest absolute Gasteiger partial charge is 0.482 e. The number of carbonyl (C=O) groups excluding carboxylic acids is 1. The van der Waals surface area contributed by atoms with Crippen molar-refractivity contribution in [1.82, 2.24) is 15.2 Å². The van der Waals surface area contributed by atoms with Gasteiger partial charge >= 0.3 is 0 Å². The molecule has 6 heteroatoms. The van der Waals surface area contributed by atoms with E-state index in [0.29, 0.717) is 30.2 Å². The Morgan fingerprint density at radius 2 is 1.76 bits per heavy atom. The Morgan fingerprint density at radius 1 is 1.09 bits per heavy atom. The van der Waals surface area contributed by atoms with Gasteiger partial charge in [0.25, 0.3) is 5.91 Å². The van der Waals surface area contributed by atoms with Crippen molar-refractivity contribution in [3.8, 4) is 16.9 Å². The lowest BCUT2D eigenvalue weighted by Crippen LogP contribution is -2.43. The van der Waals surface area contributed by atoms with E-state index in [4.69, 9.17) is 10.5 Å². The average molecular weight is 441 g/mol. The molecule has 6 nitrogen and oxygen atoms in total. The lowest BCUT2D eigenvalue weighted by Gasteiger charge is -2.30. The highest BCUT2D eigenvalue weighted by atomic mass is 16.5. The molecule has 0 spiro atoms. The van der Waals surface area contributed by atoms with E-state index in [2.05, 4.69) is 36.4 Å². The van der Waals surface area contributed by atoms with Crippen molar-refractivity contribution in [3.63, 3.8) is 0 Å². The van der Waals surface area contributed by atoms with Crippen molar-refractivity contribution in [3.05, 3.63) is 102 Å². The van der Waals surface area contributed by atoms with Gasteiger partial charge in [-0.2, -0.15) is 0 Å². The number of aromatic nitrogens is 1. The first-order valence-electron chi connectivity index (χ1n) is 10.8. The van der Waals surface area contributed by atoms with Crippen molar-refractivity contribution < 1.29 is 9.53 Å². The van der Waals surface area contributed by atoms with Gasteiger partial charge in [0.05, 0.1) is 13.1 Å². The topological polar surface area (TPSA) is 80.5 Å². The minimum Gasteiger partial charge on any atom is -0.482 e. The molecule has 2 aromatic carbocycles. The molecule has 1 saturated heterocycles. The number of nitrogens with one attached hydrogen (secondary N) is 1. The minimum atomic E-state index is -0.172. The second-order valence-electron chi connectivity index (χ2n) is 8.29. The molecular weight excluding hydrogens is 412 g/mol. The molecule has 1 unspecified atom stereocenters. The summed E-state index contributed by atoms with van der Waals surface area (Å²) in [5.41, 5.74) is 12.3. The van der Waals surface area contributed by atoms with Crippen LogP contribution in [-0.4, -0.2) is 28.9 Å². The highest BCUT2D eigenvalue weighted by Crippen LogP contribution is 2.31. The molecule has 3 aromatic rings. The maximum absolute atomic E-state index is 12.9. The Balaban J connectivity index is 1.52. The highest BCUT2D eigenvalue weighted by molar-refractivity contribution is 5.95. The maximum Gasteiger partial charge on any atom is 0.254 e. The molecule has 1 aromatic heterocycles. The molecule has 0 saturated carbocycles. The summed E-state index contributed by atoms with van der Waals surface area (Å²) >= 11 is 0. The van der Waals surface area contributed by atoms with E-state index in [1.165, 1.54) is 0 Å². The molecule has 1 aliphatic heterocycles. The van der Waals surface area contributed by atoms with E-state index in [0.717, 1.165) is 33.6 Å². The maximum atomic E-state index is 12.9. The lowest BCUT2D eigenvalue weighted by molar-refractivity contribution is 0.0769. The zero-order valence-electron chi connectivity index (χ0n) is 19.0. The Bertz CT molecular complexity index is 1200. The summed E-state index contributed by atoms with van der Waals surface area (Å²) in [6, 6.07) is 17.4. The number of aryl methyl sites for hydroxylation is 1. The van der Waals surface area contributed by atoms with Crippen LogP contribution in [0, 0.1) is 6.92 Å². The molecular formula is C27H28N4O2. The molecule has 0 aliphatic carbocycles. The predicted octanol–water partition coefficient (Wildman–Crippen LogP) is 4.85. The molecule has 33 heavy (non-hydrogen) atoms. The number of nitrogens with zero attached hydrogens (tertiary/aromatic N) is 2. The first-order valence-corrected chi connectivity index (χ1v) is 10.8. The number of benzene rings is 2. The van der Waals surface area contributed by atoms with Crippen molar-refractivity contribution >= 4 is 11.7 Å². The predicted molar refractivity (Wildman–Crippen MR) is 132 cm³/mol. The van der Waals surface area contributed by atoms with Gasteiger partial charge in [0.15, 0.2) is 11.6 Å². The number of anilines is 1. The summed E-state index contributed by atoms with van der Waals surface area (Å²) in [7, 11) is 0. The second-order valence-corrected chi connectivity index (χ2v) is 8.29. The van der Waals surface area contributed by atoms with Crippen LogP contribution in [-0.2, 0) is 0 Å². The number of hydrogen-bond donors (Lipinski definition) is 2. The van der Waals surface area contributed by atoms with Crippen molar-refractivity contribution in [2.24, 2.45) is 0 Å². The van der Waals surface area contributed by atoms with Crippen molar-refractivity contribution in [2.75, 3.05) is 18.8 Å². The van der Waals surface area contributed by atoms with Gasteiger partial charge < -0.3 is 20.7 Å². The molecule has 2 heterocycles. The van der Waals surface area contributed by atoms with Crippen LogP contribution < -0.4 is 15.8 Å². The van der Waals surface area contributed by atoms with Crippen LogP contribution in [0.1, 0.15) is 34.5 Å². The number of ether oxygens (including phenoxy) is 1. The first kappa shape index (κ1) is 22.1. The third-order valence-electron chi connectivity index (χ3n) is 5.68. The Kier molecular flexibility index (Phi) is 6.18. The molecule has 1 fully saturated rings. The molecule has 3 N–H and O–H groups in total. The van der Waals surface area contributed by atoms with Gasteiger partial charge in [0.1, 0.15) is 6.10 Å². The van der Waals surface area contributed by atoms with Gasteiger partial charge in [-0.25, -0.2) is 4.98 Å². The summed E-state index contributed by atoms with van der Waals surface area (Å²) in [5.74, 6) is 0.809. The van der Waals surface area contributed by atoms with Crippen LogP contribution in [0.5, 0.6) is 5.75 Å². The van der Waals surface area contributed by atoms with Gasteiger partial charge in [-0.15, -0.1) is 0 Å². The average Bonchev–Trinajstić information content (AvgIpc) is 2.80. The van der Waals surface area contributed by atoms with Gasteiger partial charge in [0.2, 0.25) is 0 Å². The van der Waals surface area contributed by atoms with Crippen molar-refractivity contribution in [2.45, 2.75) is 20.0 Å². The van der Waals surface area contributed by atoms with Gasteiger partial charge in [-0.1, -0.05) is 49.6 Å². The SMILES string of the molecule is C=C1CN(C(=O)c2ccc(-c3cnc(N)c(OC(C)c4ccccc4C)c3)cc2)CC(=C)N1. The number of nitrogen functional groups attached to an aromatic ring is 1. The van der Waals surface area contributed by atoms with E-state index < -0.39 is 0 Å². The van der Waals surface area contributed by atoms with Crippen molar-refractivity contribution in [1.29, 1.82) is 0 Å². The Labute approximate surface area is 194 Å². The molecule has 0 bridgehead atoms. The highest BCUT2D eigenvalue weighted by Gasteiger charge is 2.21.